The summed E-state index contributed by atoms with van der Waals surface area (Å²) in [5.41, 5.74) is 3.24. The number of para-hydroxylation sites is 2. The SMILES string of the molecule is CCOc1ccccc1N1CCN(C(=O)c2cc(-c3cccn3C)nn2-c2cccc([N+](=O)[O-])c2)CC1. The van der Waals surface area contributed by atoms with Crippen molar-refractivity contribution in [3.8, 4) is 22.8 Å². The minimum Gasteiger partial charge on any atom is -0.492 e. The normalized spacial score (nSPS) is 13.6. The van der Waals surface area contributed by atoms with Gasteiger partial charge in [0.05, 0.1) is 28.6 Å². The second kappa shape index (κ2) is 10.2. The second-order valence-corrected chi connectivity index (χ2v) is 8.79. The Hall–Kier alpha value is -4.60. The third-order valence-electron chi connectivity index (χ3n) is 6.49. The van der Waals surface area contributed by atoms with Crippen LogP contribution in [-0.4, -0.2) is 62.9 Å². The first-order valence-corrected chi connectivity index (χ1v) is 12.2. The number of amides is 1. The van der Waals surface area contributed by atoms with E-state index in [9.17, 15) is 14.9 Å². The molecule has 0 bridgehead atoms. The minimum absolute atomic E-state index is 0.0617. The molecule has 1 aliphatic rings. The zero-order chi connectivity index (χ0) is 25.9. The fourth-order valence-corrected chi connectivity index (χ4v) is 4.63. The molecule has 0 unspecified atom stereocenters. The summed E-state index contributed by atoms with van der Waals surface area (Å²) in [6, 6.07) is 19.7. The van der Waals surface area contributed by atoms with Crippen molar-refractivity contribution in [3.05, 3.63) is 88.7 Å². The summed E-state index contributed by atoms with van der Waals surface area (Å²) in [5.74, 6) is 0.665. The Morgan fingerprint density at radius 1 is 1.03 bits per heavy atom. The number of carbonyl (C=O) groups excluding carboxylic acids is 1. The highest BCUT2D eigenvalue weighted by Crippen LogP contribution is 2.30. The molecule has 5 rings (SSSR count). The van der Waals surface area contributed by atoms with Gasteiger partial charge in [-0.1, -0.05) is 18.2 Å². The standard InChI is InChI=1S/C27H28N6O4/c1-3-37-26-12-5-4-10-24(26)30-14-16-31(17-15-30)27(34)25-19-22(23-11-7-13-29(23)2)28-32(25)20-8-6-9-21(18-20)33(35)36/h4-13,18-19H,3,14-17H2,1-2H3. The number of carbonyl (C=O) groups is 1. The molecular formula is C27H28N6O4. The van der Waals surface area contributed by atoms with Crippen LogP contribution in [0.25, 0.3) is 17.1 Å². The lowest BCUT2D eigenvalue weighted by molar-refractivity contribution is -0.384. The van der Waals surface area contributed by atoms with Crippen LogP contribution >= 0.6 is 0 Å². The van der Waals surface area contributed by atoms with Crippen molar-refractivity contribution < 1.29 is 14.5 Å². The van der Waals surface area contributed by atoms with Crippen LogP contribution in [0, 0.1) is 10.1 Å². The maximum atomic E-state index is 13.8. The molecule has 37 heavy (non-hydrogen) atoms. The first-order chi connectivity index (χ1) is 18.0. The highest BCUT2D eigenvalue weighted by atomic mass is 16.6. The first-order valence-electron chi connectivity index (χ1n) is 12.2. The number of piperazine rings is 1. The number of hydrogen-bond donors (Lipinski definition) is 0. The summed E-state index contributed by atoms with van der Waals surface area (Å²) < 4.78 is 9.22. The highest BCUT2D eigenvalue weighted by molar-refractivity contribution is 5.94. The van der Waals surface area contributed by atoms with Crippen molar-refractivity contribution in [2.24, 2.45) is 7.05 Å². The van der Waals surface area contributed by atoms with Gasteiger partial charge >= 0.3 is 0 Å². The Labute approximate surface area is 214 Å². The molecule has 0 spiro atoms. The zero-order valence-corrected chi connectivity index (χ0v) is 20.8. The highest BCUT2D eigenvalue weighted by Gasteiger charge is 2.28. The predicted molar refractivity (Wildman–Crippen MR) is 140 cm³/mol. The van der Waals surface area contributed by atoms with Gasteiger partial charge in [0.15, 0.2) is 0 Å². The number of aromatic nitrogens is 3. The number of benzene rings is 2. The number of ether oxygens (including phenoxy) is 1. The molecule has 0 radical (unpaired) electrons. The number of aryl methyl sites for hydroxylation is 1. The molecule has 0 N–H and O–H groups in total. The topological polar surface area (TPSA) is 98.7 Å². The number of rotatable bonds is 7. The summed E-state index contributed by atoms with van der Waals surface area (Å²) in [7, 11) is 1.91. The monoisotopic (exact) mass is 500 g/mol. The largest absolute Gasteiger partial charge is 0.492 e. The quantitative estimate of drug-likeness (QED) is 0.279. The maximum Gasteiger partial charge on any atom is 0.272 e. The van der Waals surface area contributed by atoms with Crippen LogP contribution in [0.5, 0.6) is 5.75 Å². The van der Waals surface area contributed by atoms with Crippen molar-refractivity contribution in [2.75, 3.05) is 37.7 Å². The molecule has 1 amide bonds. The van der Waals surface area contributed by atoms with Crippen LogP contribution in [0.3, 0.4) is 0 Å². The first kappa shape index (κ1) is 24.1. The lowest BCUT2D eigenvalue weighted by Crippen LogP contribution is -2.49. The Morgan fingerprint density at radius 2 is 1.81 bits per heavy atom. The molecule has 10 nitrogen and oxygen atoms in total. The van der Waals surface area contributed by atoms with Gasteiger partial charge in [-0.25, -0.2) is 4.68 Å². The molecule has 0 aliphatic carbocycles. The van der Waals surface area contributed by atoms with E-state index in [1.54, 1.807) is 23.1 Å². The van der Waals surface area contributed by atoms with Crippen LogP contribution in [0.2, 0.25) is 0 Å². The van der Waals surface area contributed by atoms with Crippen LogP contribution in [-0.2, 0) is 7.05 Å². The fourth-order valence-electron chi connectivity index (χ4n) is 4.63. The summed E-state index contributed by atoms with van der Waals surface area (Å²) >= 11 is 0. The van der Waals surface area contributed by atoms with Crippen LogP contribution in [0.4, 0.5) is 11.4 Å². The van der Waals surface area contributed by atoms with Gasteiger partial charge in [0, 0.05) is 51.6 Å². The van der Waals surface area contributed by atoms with Crippen LogP contribution in [0.15, 0.2) is 72.9 Å². The third-order valence-corrected chi connectivity index (χ3v) is 6.49. The van der Waals surface area contributed by atoms with E-state index in [1.807, 2.05) is 61.1 Å². The van der Waals surface area contributed by atoms with E-state index in [0.29, 0.717) is 49.9 Å². The fraction of sp³-hybridized carbons (Fsp3) is 0.259. The summed E-state index contributed by atoms with van der Waals surface area (Å²) in [4.78, 5) is 28.7. The van der Waals surface area contributed by atoms with Crippen LogP contribution in [0.1, 0.15) is 17.4 Å². The molecule has 190 valence electrons. The second-order valence-electron chi connectivity index (χ2n) is 8.79. The summed E-state index contributed by atoms with van der Waals surface area (Å²) in [6.07, 6.45) is 1.91. The molecule has 2 aromatic carbocycles. The van der Waals surface area contributed by atoms with Gasteiger partial charge < -0.3 is 19.1 Å². The number of nitro groups is 1. The number of hydrogen-bond acceptors (Lipinski definition) is 6. The molecule has 1 saturated heterocycles. The Kier molecular flexibility index (Phi) is 6.63. The molecule has 0 saturated carbocycles. The van der Waals surface area contributed by atoms with E-state index >= 15 is 0 Å². The lowest BCUT2D eigenvalue weighted by Gasteiger charge is -2.36. The van der Waals surface area contributed by atoms with Gasteiger partial charge in [-0.3, -0.25) is 14.9 Å². The average molecular weight is 501 g/mol. The predicted octanol–water partition coefficient (Wildman–Crippen LogP) is 4.15. The molecule has 10 heteroatoms. The molecule has 3 heterocycles. The van der Waals surface area contributed by atoms with Gasteiger partial charge in [0.2, 0.25) is 0 Å². The zero-order valence-electron chi connectivity index (χ0n) is 20.8. The maximum absolute atomic E-state index is 13.8. The van der Waals surface area contributed by atoms with E-state index in [2.05, 4.69) is 4.90 Å². The summed E-state index contributed by atoms with van der Waals surface area (Å²) in [5, 5.41) is 16.1. The van der Waals surface area contributed by atoms with Gasteiger partial charge in [-0.15, -0.1) is 0 Å². The smallest absolute Gasteiger partial charge is 0.272 e. The molecule has 2 aromatic heterocycles. The molecule has 0 atom stereocenters. The minimum atomic E-state index is -0.452. The van der Waals surface area contributed by atoms with E-state index in [0.717, 1.165) is 17.1 Å². The van der Waals surface area contributed by atoms with Gasteiger partial charge in [-0.2, -0.15) is 5.10 Å². The molecule has 4 aromatic rings. The van der Waals surface area contributed by atoms with Gasteiger partial charge in [0.1, 0.15) is 17.1 Å². The number of anilines is 1. The van der Waals surface area contributed by atoms with Gasteiger partial charge in [-0.05, 0) is 43.3 Å². The number of non-ortho nitro benzene ring substituents is 1. The Morgan fingerprint density at radius 3 is 2.51 bits per heavy atom. The summed E-state index contributed by atoms with van der Waals surface area (Å²) in [6.45, 7) is 4.91. The Balaban J connectivity index is 1.44. The van der Waals surface area contributed by atoms with E-state index in [1.165, 1.54) is 16.8 Å². The third kappa shape index (κ3) is 4.77. The lowest BCUT2D eigenvalue weighted by atomic mass is 10.2. The molecule has 1 fully saturated rings. The van der Waals surface area contributed by atoms with E-state index < -0.39 is 4.92 Å². The number of nitro benzene ring substituents is 1. The van der Waals surface area contributed by atoms with E-state index in [4.69, 9.17) is 9.84 Å². The van der Waals surface area contributed by atoms with Crippen LogP contribution < -0.4 is 9.64 Å². The Bertz CT molecular complexity index is 1430. The molecular weight excluding hydrogens is 472 g/mol. The van der Waals surface area contributed by atoms with Gasteiger partial charge in [0.25, 0.3) is 11.6 Å². The van der Waals surface area contributed by atoms with Crippen molar-refractivity contribution in [3.63, 3.8) is 0 Å². The van der Waals surface area contributed by atoms with Crippen molar-refractivity contribution in [2.45, 2.75) is 6.92 Å². The van der Waals surface area contributed by atoms with E-state index in [-0.39, 0.29) is 11.6 Å². The van der Waals surface area contributed by atoms with Crippen molar-refractivity contribution in [1.82, 2.24) is 19.2 Å². The molecule has 1 aliphatic heterocycles. The van der Waals surface area contributed by atoms with Crippen molar-refractivity contribution >= 4 is 17.3 Å². The van der Waals surface area contributed by atoms with Crippen molar-refractivity contribution in [1.29, 1.82) is 0 Å². The average Bonchev–Trinajstić information content (AvgIpc) is 3.55. The number of nitrogens with zero attached hydrogens (tertiary/aromatic N) is 6.